The average Bonchev–Trinajstić information content (AvgIpc) is 3.28. The van der Waals surface area contributed by atoms with Gasteiger partial charge in [0.2, 0.25) is 0 Å². The van der Waals surface area contributed by atoms with Crippen LogP contribution in [0.1, 0.15) is 47.9 Å². The molecule has 0 aromatic heterocycles. The summed E-state index contributed by atoms with van der Waals surface area (Å²) in [7, 11) is 0. The molecule has 0 N–H and O–H groups in total. The lowest BCUT2D eigenvalue weighted by Gasteiger charge is -2.17. The summed E-state index contributed by atoms with van der Waals surface area (Å²) in [5.74, 6) is 11.7. The molecule has 0 aliphatic rings. The van der Waals surface area contributed by atoms with Gasteiger partial charge in [-0.25, -0.2) is 19.2 Å². The number of carbonyl (C=O) groups is 4. The van der Waals surface area contributed by atoms with Crippen LogP contribution in [0, 0.1) is 23.7 Å². The Morgan fingerprint density at radius 3 is 1.05 bits per heavy atom. The first-order valence-corrected chi connectivity index (χ1v) is 19.2. The Kier molecular flexibility index (Phi) is 22.6. The maximum Gasteiger partial charge on any atom is 0.330 e. The molecule has 0 heterocycles. The predicted octanol–water partition coefficient (Wildman–Crippen LogP) is 6.49. The number of ether oxygens (including phenoxy) is 8. The minimum atomic E-state index is -0.745. The van der Waals surface area contributed by atoms with Crippen LogP contribution in [0.2, 0.25) is 0 Å². The maximum absolute atomic E-state index is 11.5. The number of hydrogen-bond donors (Lipinski definition) is 0. The van der Waals surface area contributed by atoms with Crippen molar-refractivity contribution < 1.29 is 57.1 Å². The van der Waals surface area contributed by atoms with Crippen LogP contribution in [-0.4, -0.2) is 88.9 Å². The van der Waals surface area contributed by atoms with Gasteiger partial charge in [-0.2, -0.15) is 0 Å². The van der Waals surface area contributed by atoms with Crippen molar-refractivity contribution in [2.24, 2.45) is 0 Å². The standard InChI is InChI=1S/C48H50O12/c1-5-45(49)57-35-43(59-47(51)7-3)33-53-29-9-11-31-55-41-25-21-39(22-26-41)19-17-37-13-15-38(16-14-37)18-20-40-23-27-42(28-24-40)56-32-12-10-30-54-34-44(60-48(52)8-4)36-58-46(50)6-2/h5-8,13-16,21-28,43-44H,1-4,9-12,29-36H2. The summed E-state index contributed by atoms with van der Waals surface area (Å²) >= 11 is 0. The molecule has 3 aromatic carbocycles. The molecule has 0 amide bonds. The minimum Gasteiger partial charge on any atom is -0.494 e. The van der Waals surface area contributed by atoms with Gasteiger partial charge in [0.15, 0.2) is 12.2 Å². The Bertz CT molecular complexity index is 1830. The molecule has 0 saturated carbocycles. The summed E-state index contributed by atoms with van der Waals surface area (Å²) in [6.07, 6.45) is 5.57. The highest BCUT2D eigenvalue weighted by molar-refractivity contribution is 5.82. The smallest absolute Gasteiger partial charge is 0.330 e. The summed E-state index contributed by atoms with van der Waals surface area (Å²) in [5, 5.41) is 0. The van der Waals surface area contributed by atoms with E-state index in [4.69, 9.17) is 37.9 Å². The molecular formula is C48H50O12. The second-order valence-electron chi connectivity index (χ2n) is 12.6. The van der Waals surface area contributed by atoms with Crippen LogP contribution < -0.4 is 9.47 Å². The van der Waals surface area contributed by atoms with Crippen LogP contribution >= 0.6 is 0 Å². The molecular weight excluding hydrogens is 769 g/mol. The molecule has 12 nitrogen and oxygen atoms in total. The SMILES string of the molecule is C=CC(=O)OCC(COCCCCOc1ccc(C#Cc2ccc(C#Cc3ccc(OCCCCOCC(COC(=O)C=C)OC(=O)C=C)cc3)cc2)cc1)OC(=O)C=C. The van der Waals surface area contributed by atoms with Crippen molar-refractivity contribution in [3.8, 4) is 35.2 Å². The van der Waals surface area contributed by atoms with Gasteiger partial charge in [-0.3, -0.25) is 0 Å². The Morgan fingerprint density at radius 1 is 0.433 bits per heavy atom. The van der Waals surface area contributed by atoms with E-state index in [1.807, 2.05) is 72.8 Å². The highest BCUT2D eigenvalue weighted by atomic mass is 16.6. The molecule has 3 aromatic rings. The van der Waals surface area contributed by atoms with Crippen LogP contribution in [0.5, 0.6) is 11.5 Å². The normalized spacial score (nSPS) is 11.1. The van der Waals surface area contributed by atoms with Gasteiger partial charge in [-0.1, -0.05) is 50.0 Å². The molecule has 0 aliphatic heterocycles. The minimum absolute atomic E-state index is 0.0755. The lowest BCUT2D eigenvalue weighted by Crippen LogP contribution is -2.29. The van der Waals surface area contributed by atoms with E-state index < -0.39 is 36.1 Å². The van der Waals surface area contributed by atoms with Crippen LogP contribution in [-0.2, 0) is 47.6 Å². The summed E-state index contributed by atoms with van der Waals surface area (Å²) in [5.41, 5.74) is 3.44. The zero-order chi connectivity index (χ0) is 43.2. The van der Waals surface area contributed by atoms with Gasteiger partial charge in [0.1, 0.15) is 24.7 Å². The van der Waals surface area contributed by atoms with Crippen molar-refractivity contribution >= 4 is 23.9 Å². The second-order valence-corrected chi connectivity index (χ2v) is 12.6. The van der Waals surface area contributed by atoms with Crippen molar-refractivity contribution in [3.63, 3.8) is 0 Å². The van der Waals surface area contributed by atoms with E-state index in [0.717, 1.165) is 83.7 Å². The summed E-state index contributed by atoms with van der Waals surface area (Å²) in [6.45, 7) is 15.1. The number of benzene rings is 3. The zero-order valence-electron chi connectivity index (χ0n) is 33.6. The van der Waals surface area contributed by atoms with Crippen LogP contribution in [0.3, 0.4) is 0 Å². The van der Waals surface area contributed by atoms with E-state index in [9.17, 15) is 19.2 Å². The number of hydrogen-bond acceptors (Lipinski definition) is 12. The highest BCUT2D eigenvalue weighted by Gasteiger charge is 2.16. The largest absolute Gasteiger partial charge is 0.494 e. The molecule has 0 radical (unpaired) electrons. The Hall–Kier alpha value is -6.86. The molecule has 314 valence electrons. The fourth-order valence-electron chi connectivity index (χ4n) is 4.74. The van der Waals surface area contributed by atoms with Crippen molar-refractivity contribution in [3.05, 3.63) is 146 Å². The first-order valence-electron chi connectivity index (χ1n) is 19.2. The third-order valence-electron chi connectivity index (χ3n) is 7.86. The molecule has 0 spiro atoms. The van der Waals surface area contributed by atoms with Crippen molar-refractivity contribution in [1.82, 2.24) is 0 Å². The van der Waals surface area contributed by atoms with E-state index >= 15 is 0 Å². The van der Waals surface area contributed by atoms with E-state index in [1.54, 1.807) is 0 Å². The zero-order valence-corrected chi connectivity index (χ0v) is 33.6. The molecule has 0 bridgehead atoms. The second kappa shape index (κ2) is 28.5. The van der Waals surface area contributed by atoms with Crippen LogP contribution in [0.4, 0.5) is 0 Å². The van der Waals surface area contributed by atoms with Crippen LogP contribution in [0.25, 0.3) is 0 Å². The molecule has 0 aliphatic carbocycles. The Balaban J connectivity index is 1.31. The monoisotopic (exact) mass is 818 g/mol. The molecule has 60 heavy (non-hydrogen) atoms. The average molecular weight is 819 g/mol. The van der Waals surface area contributed by atoms with E-state index in [1.165, 1.54) is 0 Å². The van der Waals surface area contributed by atoms with Crippen molar-refractivity contribution in [2.75, 3.05) is 52.9 Å². The molecule has 12 heteroatoms. The molecule has 0 saturated heterocycles. The third-order valence-corrected chi connectivity index (χ3v) is 7.86. The molecule has 2 atom stereocenters. The Morgan fingerprint density at radius 2 is 0.733 bits per heavy atom. The van der Waals surface area contributed by atoms with Gasteiger partial charge in [0.25, 0.3) is 0 Å². The van der Waals surface area contributed by atoms with Gasteiger partial charge >= 0.3 is 23.9 Å². The summed E-state index contributed by atoms with van der Waals surface area (Å²) in [4.78, 5) is 45.7. The quantitative estimate of drug-likeness (QED) is 0.0287. The lowest BCUT2D eigenvalue weighted by atomic mass is 10.1. The number of esters is 4. The first kappa shape index (κ1) is 47.5. The number of rotatable bonds is 26. The summed E-state index contributed by atoms with van der Waals surface area (Å²) < 4.78 is 43.0. The third kappa shape index (κ3) is 20.5. The topological polar surface area (TPSA) is 142 Å². The van der Waals surface area contributed by atoms with Gasteiger partial charge < -0.3 is 37.9 Å². The summed E-state index contributed by atoms with van der Waals surface area (Å²) in [6, 6.07) is 22.9. The van der Waals surface area contributed by atoms with Gasteiger partial charge in [0.05, 0.1) is 26.4 Å². The molecule has 2 unspecified atom stereocenters. The molecule has 3 rings (SSSR count). The van der Waals surface area contributed by atoms with E-state index in [-0.39, 0.29) is 26.4 Å². The maximum atomic E-state index is 11.5. The lowest BCUT2D eigenvalue weighted by molar-refractivity contribution is -0.156. The Labute approximate surface area is 351 Å². The van der Waals surface area contributed by atoms with Crippen molar-refractivity contribution in [1.29, 1.82) is 0 Å². The first-order chi connectivity index (χ1) is 29.2. The highest BCUT2D eigenvalue weighted by Crippen LogP contribution is 2.14. The van der Waals surface area contributed by atoms with Crippen molar-refractivity contribution in [2.45, 2.75) is 37.9 Å². The molecule has 0 fully saturated rings. The fraction of sp³-hybridized carbons (Fsp3) is 0.292. The predicted molar refractivity (Wildman–Crippen MR) is 225 cm³/mol. The number of carbonyl (C=O) groups excluding carboxylic acids is 4. The number of unbranched alkanes of at least 4 members (excludes halogenated alkanes) is 2. The fourth-order valence-corrected chi connectivity index (χ4v) is 4.74. The van der Waals surface area contributed by atoms with Crippen LogP contribution in [0.15, 0.2) is 123 Å². The van der Waals surface area contributed by atoms with Gasteiger partial charge in [-0.05, 0) is 98.5 Å². The van der Waals surface area contributed by atoms with E-state index in [2.05, 4.69) is 50.0 Å². The van der Waals surface area contributed by atoms with E-state index in [0.29, 0.717) is 26.4 Å². The van der Waals surface area contributed by atoms with Gasteiger partial charge in [0, 0.05) is 59.8 Å². The van der Waals surface area contributed by atoms with Gasteiger partial charge in [-0.15, -0.1) is 0 Å².